The Morgan fingerprint density at radius 3 is 2.62 bits per heavy atom. The van der Waals surface area contributed by atoms with E-state index in [-0.39, 0.29) is 17.1 Å². The predicted octanol–water partition coefficient (Wildman–Crippen LogP) is 4.81. The van der Waals surface area contributed by atoms with Crippen LogP contribution >= 0.6 is 27.5 Å². The summed E-state index contributed by atoms with van der Waals surface area (Å²) in [6, 6.07) is 1.46. The number of oxazole rings is 1. The Bertz CT molecular complexity index is 1180. The van der Waals surface area contributed by atoms with E-state index in [1.807, 2.05) is 0 Å². The number of rotatable bonds is 4. The van der Waals surface area contributed by atoms with Crippen molar-refractivity contribution in [2.45, 2.75) is 19.1 Å². The predicted molar refractivity (Wildman–Crippen MR) is 101 cm³/mol. The third-order valence-corrected chi connectivity index (χ3v) is 4.60. The van der Waals surface area contributed by atoms with Gasteiger partial charge in [0.15, 0.2) is 11.4 Å². The minimum atomic E-state index is -4.59. The van der Waals surface area contributed by atoms with Gasteiger partial charge in [-0.1, -0.05) is 11.6 Å². The Hall–Kier alpha value is -2.73. The van der Waals surface area contributed by atoms with Crippen molar-refractivity contribution in [3.05, 3.63) is 51.7 Å². The van der Waals surface area contributed by atoms with E-state index in [0.29, 0.717) is 16.2 Å². The fraction of sp³-hybridized carbons (Fsp3) is 0.188. The summed E-state index contributed by atoms with van der Waals surface area (Å²) in [7, 11) is 0. The molecule has 0 aliphatic heterocycles. The minimum Gasteiger partial charge on any atom is -0.423 e. The molecule has 13 heteroatoms. The van der Waals surface area contributed by atoms with Crippen molar-refractivity contribution < 1.29 is 17.6 Å². The molecule has 0 unspecified atom stereocenters. The summed E-state index contributed by atoms with van der Waals surface area (Å²) in [5, 5.41) is 6.58. The SMILES string of the molecule is C[C@H](Nc1nc2cc(C(F)(F)F)c(Cl)cc2o1)c1ncnn1-c1ncc(Br)cn1. The Labute approximate surface area is 174 Å². The van der Waals surface area contributed by atoms with Crippen LogP contribution in [0.4, 0.5) is 19.2 Å². The number of hydrogen-bond acceptors (Lipinski definition) is 7. The van der Waals surface area contributed by atoms with Crippen molar-refractivity contribution >= 4 is 44.6 Å². The lowest BCUT2D eigenvalue weighted by Crippen LogP contribution is -2.15. The number of nitrogens with one attached hydrogen (secondary N) is 1. The average molecular weight is 489 g/mol. The third-order valence-electron chi connectivity index (χ3n) is 3.88. The fourth-order valence-corrected chi connectivity index (χ4v) is 3.06. The van der Waals surface area contributed by atoms with Gasteiger partial charge in [0, 0.05) is 18.5 Å². The van der Waals surface area contributed by atoms with Gasteiger partial charge in [-0.05, 0) is 28.9 Å². The number of hydrogen-bond donors (Lipinski definition) is 1. The molecule has 1 aromatic carbocycles. The highest BCUT2D eigenvalue weighted by Gasteiger charge is 2.34. The number of anilines is 1. The molecule has 0 aliphatic rings. The third kappa shape index (κ3) is 3.90. The number of halogens is 5. The van der Waals surface area contributed by atoms with Gasteiger partial charge in [-0.2, -0.15) is 27.9 Å². The molecule has 1 N–H and O–H groups in total. The lowest BCUT2D eigenvalue weighted by atomic mass is 10.2. The first-order chi connectivity index (χ1) is 13.7. The first-order valence-corrected chi connectivity index (χ1v) is 9.21. The molecule has 0 fully saturated rings. The lowest BCUT2D eigenvalue weighted by Gasteiger charge is -2.12. The van der Waals surface area contributed by atoms with Crippen molar-refractivity contribution in [1.29, 1.82) is 0 Å². The topological polar surface area (TPSA) is 94.6 Å². The molecule has 29 heavy (non-hydrogen) atoms. The molecule has 0 bridgehead atoms. The molecule has 1 atom stereocenters. The molecule has 4 rings (SSSR count). The molecule has 3 aromatic heterocycles. The van der Waals surface area contributed by atoms with Gasteiger partial charge in [-0.3, -0.25) is 0 Å². The number of nitrogens with zero attached hydrogens (tertiary/aromatic N) is 6. The van der Waals surface area contributed by atoms with Crippen LogP contribution in [0, 0.1) is 0 Å². The zero-order valence-corrected chi connectivity index (χ0v) is 16.8. The van der Waals surface area contributed by atoms with Crippen LogP contribution in [0.15, 0.2) is 39.7 Å². The highest BCUT2D eigenvalue weighted by atomic mass is 79.9. The van der Waals surface area contributed by atoms with E-state index in [0.717, 1.165) is 12.1 Å². The van der Waals surface area contributed by atoms with Crippen LogP contribution in [0.5, 0.6) is 0 Å². The van der Waals surface area contributed by atoms with Crippen molar-refractivity contribution in [3.8, 4) is 5.95 Å². The van der Waals surface area contributed by atoms with Gasteiger partial charge >= 0.3 is 6.18 Å². The molecule has 0 aliphatic carbocycles. The van der Waals surface area contributed by atoms with E-state index in [1.165, 1.54) is 11.0 Å². The quantitative estimate of drug-likeness (QED) is 0.441. The van der Waals surface area contributed by atoms with E-state index >= 15 is 0 Å². The Kier molecular flexibility index (Phi) is 4.90. The monoisotopic (exact) mass is 487 g/mol. The van der Waals surface area contributed by atoms with Crippen LogP contribution in [0.25, 0.3) is 17.0 Å². The first kappa shape index (κ1) is 19.6. The first-order valence-electron chi connectivity index (χ1n) is 8.04. The molecule has 0 spiro atoms. The van der Waals surface area contributed by atoms with Crippen LogP contribution < -0.4 is 5.32 Å². The maximum absolute atomic E-state index is 13.0. The van der Waals surface area contributed by atoms with E-state index < -0.39 is 22.8 Å². The fourth-order valence-electron chi connectivity index (χ4n) is 2.59. The van der Waals surface area contributed by atoms with Gasteiger partial charge in [0.05, 0.1) is 21.1 Å². The standard InChI is InChI=1S/C16H10BrClF3N7O/c1-7(13-24-6-25-28(13)14-22-4-8(17)5-23-14)26-15-27-11-2-9(16(19,20)21)10(18)3-12(11)29-15/h2-7H,1H3,(H,26,27)/t7-/m0/s1. The van der Waals surface area contributed by atoms with Gasteiger partial charge in [-0.15, -0.1) is 0 Å². The zero-order valence-electron chi connectivity index (χ0n) is 14.4. The summed E-state index contributed by atoms with van der Waals surface area (Å²) in [5.41, 5.74) is -0.837. The minimum absolute atomic E-state index is 0.00849. The maximum atomic E-state index is 13.0. The van der Waals surface area contributed by atoms with E-state index in [1.54, 1.807) is 19.3 Å². The van der Waals surface area contributed by atoms with Gasteiger partial charge in [0.25, 0.3) is 12.0 Å². The summed E-state index contributed by atoms with van der Waals surface area (Å²) >= 11 is 8.97. The lowest BCUT2D eigenvalue weighted by molar-refractivity contribution is -0.137. The van der Waals surface area contributed by atoms with E-state index in [9.17, 15) is 13.2 Å². The van der Waals surface area contributed by atoms with Crippen molar-refractivity contribution in [3.63, 3.8) is 0 Å². The van der Waals surface area contributed by atoms with E-state index in [2.05, 4.69) is 46.3 Å². The zero-order chi connectivity index (χ0) is 20.8. The van der Waals surface area contributed by atoms with Crippen molar-refractivity contribution in [2.24, 2.45) is 0 Å². The Morgan fingerprint density at radius 2 is 1.93 bits per heavy atom. The van der Waals surface area contributed by atoms with Crippen LogP contribution in [-0.2, 0) is 6.18 Å². The van der Waals surface area contributed by atoms with Crippen LogP contribution in [0.2, 0.25) is 5.02 Å². The van der Waals surface area contributed by atoms with Crippen LogP contribution in [0.1, 0.15) is 24.4 Å². The summed E-state index contributed by atoms with van der Waals surface area (Å²) in [4.78, 5) is 16.6. The summed E-state index contributed by atoms with van der Waals surface area (Å²) in [6.07, 6.45) is -0.129. The highest BCUT2D eigenvalue weighted by molar-refractivity contribution is 9.10. The molecule has 0 saturated carbocycles. The molecule has 0 radical (unpaired) electrons. The molecule has 150 valence electrons. The average Bonchev–Trinajstić information content (AvgIpc) is 3.27. The van der Waals surface area contributed by atoms with Gasteiger partial charge in [0.1, 0.15) is 11.8 Å². The van der Waals surface area contributed by atoms with Gasteiger partial charge < -0.3 is 9.73 Å². The van der Waals surface area contributed by atoms with Crippen molar-refractivity contribution in [1.82, 2.24) is 29.7 Å². The number of alkyl halides is 3. The highest BCUT2D eigenvalue weighted by Crippen LogP contribution is 2.37. The van der Waals surface area contributed by atoms with Crippen LogP contribution in [0.3, 0.4) is 0 Å². The smallest absolute Gasteiger partial charge is 0.417 e. The Morgan fingerprint density at radius 1 is 1.21 bits per heavy atom. The molecular formula is C16H10BrClF3N7O. The summed E-state index contributed by atoms with van der Waals surface area (Å²) in [6.45, 7) is 1.75. The number of fused-ring (bicyclic) bond motifs is 1. The molecule has 4 aromatic rings. The van der Waals surface area contributed by atoms with Gasteiger partial charge in [0.2, 0.25) is 0 Å². The second-order valence-electron chi connectivity index (χ2n) is 5.91. The summed E-state index contributed by atoms with van der Waals surface area (Å²) < 4.78 is 46.7. The van der Waals surface area contributed by atoms with E-state index in [4.69, 9.17) is 16.0 Å². The molecule has 3 heterocycles. The summed E-state index contributed by atoms with van der Waals surface area (Å²) in [5.74, 6) is 0.747. The second-order valence-corrected chi connectivity index (χ2v) is 7.24. The molecule has 0 saturated heterocycles. The second kappa shape index (κ2) is 7.26. The number of aromatic nitrogens is 6. The maximum Gasteiger partial charge on any atom is 0.417 e. The molecular weight excluding hydrogens is 479 g/mol. The largest absolute Gasteiger partial charge is 0.423 e. The molecule has 0 amide bonds. The normalized spacial score (nSPS) is 13.0. The Balaban J connectivity index is 1.62. The van der Waals surface area contributed by atoms with Crippen LogP contribution in [-0.4, -0.2) is 29.7 Å². The number of benzene rings is 1. The van der Waals surface area contributed by atoms with Crippen molar-refractivity contribution in [2.75, 3.05) is 5.32 Å². The van der Waals surface area contributed by atoms with Gasteiger partial charge in [-0.25, -0.2) is 15.0 Å². The molecule has 8 nitrogen and oxygen atoms in total.